The van der Waals surface area contributed by atoms with Crippen LogP contribution in [0, 0.1) is 22.5 Å². The van der Waals surface area contributed by atoms with Crippen molar-refractivity contribution in [2.75, 3.05) is 19.6 Å². The van der Waals surface area contributed by atoms with E-state index in [1.54, 1.807) is 6.92 Å². The Morgan fingerprint density at radius 2 is 2.00 bits per heavy atom. The Bertz CT molecular complexity index is 667. The molecule has 1 aromatic rings. The molecule has 0 saturated carbocycles. The average Bonchev–Trinajstić information content (AvgIpc) is 2.46. The fraction of sp³-hybridized carbons (Fsp3) is 0.571. The molecule has 0 aliphatic carbocycles. The van der Waals surface area contributed by atoms with Gasteiger partial charge in [0.05, 0.1) is 9.82 Å². The van der Waals surface area contributed by atoms with Crippen molar-refractivity contribution in [2.24, 2.45) is 5.41 Å². The van der Waals surface area contributed by atoms with Crippen LogP contribution in [-0.4, -0.2) is 33.0 Å². The lowest BCUT2D eigenvalue weighted by atomic mass is 9.81. The van der Waals surface area contributed by atoms with Gasteiger partial charge in [0, 0.05) is 18.2 Å². The van der Waals surface area contributed by atoms with E-state index in [1.165, 1.54) is 12.1 Å². The van der Waals surface area contributed by atoms with Gasteiger partial charge in [-0.2, -0.15) is 0 Å². The van der Waals surface area contributed by atoms with E-state index in [9.17, 15) is 18.5 Å². The smallest absolute Gasteiger partial charge is 0.273 e. The monoisotopic (exact) mass is 327 g/mol. The third kappa shape index (κ3) is 3.82. The standard InChI is InChI=1S/C14H21N3O4S/c1-11-3-4-12(9-13(11)17(18)19)22(20,21)16-10-14(2)5-7-15-8-6-14/h3-4,9,15-16H,5-8,10H2,1-2H3. The lowest BCUT2D eigenvalue weighted by molar-refractivity contribution is -0.385. The molecule has 0 radical (unpaired) electrons. The molecule has 0 atom stereocenters. The van der Waals surface area contributed by atoms with Crippen LogP contribution in [0.3, 0.4) is 0 Å². The summed E-state index contributed by atoms with van der Waals surface area (Å²) in [4.78, 5) is 10.3. The highest BCUT2D eigenvalue weighted by Gasteiger charge is 2.29. The minimum absolute atomic E-state index is 0.0673. The zero-order chi connectivity index (χ0) is 16.4. The number of piperidine rings is 1. The Hall–Kier alpha value is -1.51. The molecule has 0 bridgehead atoms. The zero-order valence-corrected chi connectivity index (χ0v) is 13.6. The molecule has 0 aromatic heterocycles. The normalized spacial score (nSPS) is 18.1. The van der Waals surface area contributed by atoms with Crippen molar-refractivity contribution in [1.29, 1.82) is 0 Å². The number of nitro benzene ring substituents is 1. The Labute approximate surface area is 130 Å². The highest BCUT2D eigenvalue weighted by atomic mass is 32.2. The van der Waals surface area contributed by atoms with E-state index >= 15 is 0 Å². The minimum atomic E-state index is -3.75. The van der Waals surface area contributed by atoms with Crippen molar-refractivity contribution in [3.63, 3.8) is 0 Å². The molecule has 1 fully saturated rings. The first kappa shape index (κ1) is 16.9. The molecule has 0 unspecified atom stereocenters. The van der Waals surface area contributed by atoms with Gasteiger partial charge >= 0.3 is 0 Å². The van der Waals surface area contributed by atoms with Gasteiger partial charge in [0.25, 0.3) is 5.69 Å². The summed E-state index contributed by atoms with van der Waals surface area (Å²) in [5.41, 5.74) is 0.166. The molecule has 1 saturated heterocycles. The first-order valence-electron chi connectivity index (χ1n) is 7.19. The topological polar surface area (TPSA) is 101 Å². The van der Waals surface area contributed by atoms with Gasteiger partial charge in [0.2, 0.25) is 10.0 Å². The van der Waals surface area contributed by atoms with Gasteiger partial charge < -0.3 is 5.32 Å². The van der Waals surface area contributed by atoms with Crippen molar-refractivity contribution >= 4 is 15.7 Å². The van der Waals surface area contributed by atoms with Gasteiger partial charge in [-0.15, -0.1) is 0 Å². The Balaban J connectivity index is 2.16. The number of nitrogens with zero attached hydrogens (tertiary/aromatic N) is 1. The van der Waals surface area contributed by atoms with Crippen LogP contribution in [-0.2, 0) is 10.0 Å². The van der Waals surface area contributed by atoms with Gasteiger partial charge in [-0.05, 0) is 44.3 Å². The second-order valence-electron chi connectivity index (χ2n) is 6.09. The van der Waals surface area contributed by atoms with Gasteiger partial charge in [-0.3, -0.25) is 10.1 Å². The highest BCUT2D eigenvalue weighted by Crippen LogP contribution is 2.28. The van der Waals surface area contributed by atoms with E-state index < -0.39 is 14.9 Å². The van der Waals surface area contributed by atoms with Crippen molar-refractivity contribution in [1.82, 2.24) is 10.0 Å². The van der Waals surface area contributed by atoms with E-state index in [4.69, 9.17) is 0 Å². The molecule has 2 rings (SSSR count). The fourth-order valence-corrected chi connectivity index (χ4v) is 3.73. The van der Waals surface area contributed by atoms with Crippen LogP contribution < -0.4 is 10.0 Å². The SMILES string of the molecule is Cc1ccc(S(=O)(=O)NCC2(C)CCNCC2)cc1[N+](=O)[O-]. The van der Waals surface area contributed by atoms with Crippen LogP contribution in [0.2, 0.25) is 0 Å². The Kier molecular flexibility index (Phi) is 4.84. The van der Waals surface area contributed by atoms with E-state index in [1.807, 2.05) is 6.92 Å². The van der Waals surface area contributed by atoms with Crippen LogP contribution in [0.1, 0.15) is 25.3 Å². The number of hydrogen-bond donors (Lipinski definition) is 2. The summed E-state index contributed by atoms with van der Waals surface area (Å²) in [6, 6.07) is 3.97. The number of rotatable bonds is 5. The molecule has 2 N–H and O–H groups in total. The summed E-state index contributed by atoms with van der Waals surface area (Å²) in [6.07, 6.45) is 1.78. The molecule has 22 heavy (non-hydrogen) atoms. The van der Waals surface area contributed by atoms with Crippen molar-refractivity contribution in [3.05, 3.63) is 33.9 Å². The van der Waals surface area contributed by atoms with Gasteiger partial charge in [-0.1, -0.05) is 13.0 Å². The molecule has 1 aliphatic rings. The summed E-state index contributed by atoms with van der Waals surface area (Å²) >= 11 is 0. The number of aryl methyl sites for hydroxylation is 1. The summed E-state index contributed by atoms with van der Waals surface area (Å²) in [5.74, 6) is 0. The molecule has 1 heterocycles. The van der Waals surface area contributed by atoms with Gasteiger partial charge in [0.1, 0.15) is 0 Å². The molecule has 7 nitrogen and oxygen atoms in total. The molecule has 8 heteroatoms. The second kappa shape index (κ2) is 6.31. The van der Waals surface area contributed by atoms with Crippen LogP contribution in [0.5, 0.6) is 0 Å². The van der Waals surface area contributed by atoms with Crippen molar-refractivity contribution < 1.29 is 13.3 Å². The summed E-state index contributed by atoms with van der Waals surface area (Å²) < 4.78 is 27.3. The predicted molar refractivity (Wildman–Crippen MR) is 83.2 cm³/mol. The van der Waals surface area contributed by atoms with Crippen LogP contribution >= 0.6 is 0 Å². The van der Waals surface area contributed by atoms with Gasteiger partial charge in [-0.25, -0.2) is 13.1 Å². The second-order valence-corrected chi connectivity index (χ2v) is 7.86. The third-order valence-corrected chi connectivity index (χ3v) is 5.59. The fourth-order valence-electron chi connectivity index (χ4n) is 2.51. The number of sulfonamides is 1. The first-order chi connectivity index (χ1) is 10.2. The van der Waals surface area contributed by atoms with Crippen LogP contribution in [0.25, 0.3) is 0 Å². The maximum atomic E-state index is 12.4. The van der Waals surface area contributed by atoms with Gasteiger partial charge in [0.15, 0.2) is 0 Å². The molecule has 0 amide bonds. The largest absolute Gasteiger partial charge is 0.317 e. The Morgan fingerprint density at radius 1 is 1.36 bits per heavy atom. The summed E-state index contributed by atoms with van der Waals surface area (Å²) in [6.45, 7) is 5.70. The highest BCUT2D eigenvalue weighted by molar-refractivity contribution is 7.89. The molecule has 1 aromatic carbocycles. The van der Waals surface area contributed by atoms with E-state index in [-0.39, 0.29) is 16.0 Å². The maximum Gasteiger partial charge on any atom is 0.273 e. The third-order valence-electron chi connectivity index (χ3n) is 4.19. The van der Waals surface area contributed by atoms with E-state index in [2.05, 4.69) is 10.0 Å². The quantitative estimate of drug-likeness (QED) is 0.631. The number of nitro groups is 1. The van der Waals surface area contributed by atoms with Crippen LogP contribution in [0.4, 0.5) is 5.69 Å². The average molecular weight is 327 g/mol. The molecule has 0 spiro atoms. The van der Waals surface area contributed by atoms with E-state index in [0.29, 0.717) is 12.1 Å². The predicted octanol–water partition coefficient (Wildman–Crippen LogP) is 1.57. The summed E-state index contributed by atoms with van der Waals surface area (Å²) in [5, 5.41) is 14.2. The van der Waals surface area contributed by atoms with Crippen molar-refractivity contribution in [2.45, 2.75) is 31.6 Å². The molecular weight excluding hydrogens is 306 g/mol. The number of nitrogens with one attached hydrogen (secondary N) is 2. The van der Waals surface area contributed by atoms with Crippen LogP contribution in [0.15, 0.2) is 23.1 Å². The first-order valence-corrected chi connectivity index (χ1v) is 8.67. The maximum absolute atomic E-state index is 12.4. The van der Waals surface area contributed by atoms with E-state index in [0.717, 1.165) is 32.0 Å². The molecule has 1 aliphatic heterocycles. The minimum Gasteiger partial charge on any atom is -0.317 e. The number of benzene rings is 1. The lowest BCUT2D eigenvalue weighted by Gasteiger charge is -2.34. The van der Waals surface area contributed by atoms with Crippen molar-refractivity contribution in [3.8, 4) is 0 Å². The lowest BCUT2D eigenvalue weighted by Crippen LogP contribution is -2.42. The Morgan fingerprint density at radius 3 is 2.59 bits per heavy atom. The number of hydrogen-bond acceptors (Lipinski definition) is 5. The summed E-state index contributed by atoms with van der Waals surface area (Å²) in [7, 11) is -3.75. The molecular formula is C14H21N3O4S. The zero-order valence-electron chi connectivity index (χ0n) is 12.8. The molecule has 122 valence electrons.